The second-order valence-corrected chi connectivity index (χ2v) is 8.78. The maximum atomic E-state index is 10.4. The van der Waals surface area contributed by atoms with E-state index in [4.69, 9.17) is 16.3 Å². The number of methoxy groups -OCH3 is 1. The molecule has 1 aromatic heterocycles. The van der Waals surface area contributed by atoms with Crippen molar-refractivity contribution in [1.82, 2.24) is 9.88 Å². The predicted octanol–water partition coefficient (Wildman–Crippen LogP) is 6.50. The molecule has 5 nitrogen and oxygen atoms in total. The second kappa shape index (κ2) is 11.7. The molecule has 0 aliphatic heterocycles. The van der Waals surface area contributed by atoms with E-state index in [1.54, 1.807) is 19.2 Å². The second-order valence-electron chi connectivity index (χ2n) is 8.34. The first-order valence-electron chi connectivity index (χ1n) is 11.5. The summed E-state index contributed by atoms with van der Waals surface area (Å²) in [6.07, 6.45) is 3.86. The van der Waals surface area contributed by atoms with Gasteiger partial charge in [-0.3, -0.25) is 9.88 Å². The summed E-state index contributed by atoms with van der Waals surface area (Å²) >= 11 is 6.10. The molecule has 176 valence electrons. The largest absolute Gasteiger partial charge is 0.508 e. The maximum absolute atomic E-state index is 10.4. The van der Waals surface area contributed by atoms with Crippen LogP contribution in [0.2, 0.25) is 5.02 Å². The lowest BCUT2D eigenvalue weighted by Gasteiger charge is -2.23. The molecular formula is C28H30ClN3O2. The Balaban J connectivity index is 1.36. The lowest BCUT2D eigenvalue weighted by molar-refractivity contribution is 0.248. The van der Waals surface area contributed by atoms with Gasteiger partial charge < -0.3 is 15.2 Å². The number of aromatic nitrogens is 1. The fraction of sp³-hybridized carbons (Fsp3) is 0.250. The smallest absolute Gasteiger partial charge is 0.120 e. The van der Waals surface area contributed by atoms with Crippen LogP contribution >= 0.6 is 11.6 Å². The van der Waals surface area contributed by atoms with Gasteiger partial charge >= 0.3 is 0 Å². The molecule has 0 aliphatic rings. The lowest BCUT2D eigenvalue weighted by Crippen LogP contribution is -2.24. The minimum atomic E-state index is 0.296. The summed E-state index contributed by atoms with van der Waals surface area (Å²) in [7, 11) is 1.64. The van der Waals surface area contributed by atoms with E-state index in [0.717, 1.165) is 60.4 Å². The molecule has 0 amide bonds. The van der Waals surface area contributed by atoms with Crippen LogP contribution in [0.3, 0.4) is 0 Å². The Kier molecular flexibility index (Phi) is 8.23. The number of aromatic hydroxyl groups is 1. The average molecular weight is 476 g/mol. The van der Waals surface area contributed by atoms with Crippen LogP contribution in [0.25, 0.3) is 10.9 Å². The predicted molar refractivity (Wildman–Crippen MR) is 140 cm³/mol. The van der Waals surface area contributed by atoms with Crippen molar-refractivity contribution in [3.05, 3.63) is 95.1 Å². The Morgan fingerprint density at radius 1 is 0.971 bits per heavy atom. The summed E-state index contributed by atoms with van der Waals surface area (Å²) in [5.41, 5.74) is 4.09. The highest BCUT2D eigenvalue weighted by atomic mass is 35.5. The van der Waals surface area contributed by atoms with Gasteiger partial charge in [0.15, 0.2) is 0 Å². The third-order valence-electron chi connectivity index (χ3n) is 5.85. The molecule has 0 fully saturated rings. The Morgan fingerprint density at radius 3 is 2.65 bits per heavy atom. The van der Waals surface area contributed by atoms with E-state index in [9.17, 15) is 5.11 Å². The van der Waals surface area contributed by atoms with Crippen molar-refractivity contribution in [2.45, 2.75) is 25.9 Å². The fourth-order valence-corrected chi connectivity index (χ4v) is 4.24. The summed E-state index contributed by atoms with van der Waals surface area (Å²) in [6.45, 7) is 3.26. The first kappa shape index (κ1) is 23.9. The zero-order valence-corrected chi connectivity index (χ0v) is 20.1. The topological polar surface area (TPSA) is 57.6 Å². The van der Waals surface area contributed by atoms with Crippen molar-refractivity contribution in [1.29, 1.82) is 0 Å². The third-order valence-corrected chi connectivity index (χ3v) is 6.09. The summed E-state index contributed by atoms with van der Waals surface area (Å²) in [5.74, 6) is 1.05. The molecular weight excluding hydrogens is 446 g/mol. The summed E-state index contributed by atoms with van der Waals surface area (Å²) < 4.78 is 5.35. The quantitative estimate of drug-likeness (QED) is 0.242. The molecule has 0 unspecified atom stereocenters. The number of benzene rings is 3. The zero-order chi connectivity index (χ0) is 23.8. The summed E-state index contributed by atoms with van der Waals surface area (Å²) in [6, 6.07) is 23.6. The van der Waals surface area contributed by atoms with Crippen molar-refractivity contribution in [2.75, 3.05) is 25.5 Å². The summed E-state index contributed by atoms with van der Waals surface area (Å²) in [5, 5.41) is 15.7. The van der Waals surface area contributed by atoms with Crippen LogP contribution in [-0.4, -0.2) is 35.2 Å². The number of nitrogens with zero attached hydrogens (tertiary/aromatic N) is 2. The number of phenolic OH excluding ortho intramolecular Hbond substituents is 1. The Labute approximate surface area is 206 Å². The number of ether oxygens (including phenoxy) is 1. The molecule has 0 bridgehead atoms. The molecule has 3 aromatic carbocycles. The minimum absolute atomic E-state index is 0.296. The molecule has 0 radical (unpaired) electrons. The van der Waals surface area contributed by atoms with E-state index in [2.05, 4.69) is 39.5 Å². The normalized spacial score (nSPS) is 11.1. The monoisotopic (exact) mass is 475 g/mol. The van der Waals surface area contributed by atoms with Crippen LogP contribution in [0.4, 0.5) is 5.69 Å². The first-order valence-corrected chi connectivity index (χ1v) is 11.9. The standard InChI is InChI=1S/C28H30ClN3O2/c1-34-24-10-12-28(33)22(17-24)20-32(19-21-7-3-2-4-8-21)16-6-5-14-30-26-13-15-31-27-18-23(29)9-11-25(26)27/h2-4,7-13,15,17-18,33H,5-6,14,16,19-20H2,1H3,(H,30,31). The molecule has 0 saturated carbocycles. The molecule has 4 aromatic rings. The number of nitrogens with one attached hydrogen (secondary N) is 1. The van der Waals surface area contributed by atoms with E-state index >= 15 is 0 Å². The molecule has 1 heterocycles. The van der Waals surface area contributed by atoms with Gasteiger partial charge in [0, 0.05) is 47.5 Å². The number of fused-ring (bicyclic) bond motifs is 1. The average Bonchev–Trinajstić information content (AvgIpc) is 2.85. The molecule has 6 heteroatoms. The van der Waals surface area contributed by atoms with Crippen LogP contribution in [0, 0.1) is 0 Å². The molecule has 4 rings (SSSR count). The van der Waals surface area contributed by atoms with E-state index in [0.29, 0.717) is 17.3 Å². The number of halogens is 1. The van der Waals surface area contributed by atoms with Gasteiger partial charge in [-0.2, -0.15) is 0 Å². The van der Waals surface area contributed by atoms with Crippen LogP contribution < -0.4 is 10.1 Å². The van der Waals surface area contributed by atoms with Crippen molar-refractivity contribution in [3.8, 4) is 11.5 Å². The Bertz CT molecular complexity index is 1220. The molecule has 0 saturated heterocycles. The molecule has 0 spiro atoms. The Hall–Kier alpha value is -3.28. The van der Waals surface area contributed by atoms with Gasteiger partial charge in [-0.05, 0) is 67.4 Å². The number of phenols is 1. The van der Waals surface area contributed by atoms with Gasteiger partial charge in [-0.15, -0.1) is 0 Å². The molecule has 0 atom stereocenters. The number of unbranched alkanes of at least 4 members (excludes halogenated alkanes) is 1. The highest BCUT2D eigenvalue weighted by molar-refractivity contribution is 6.31. The molecule has 2 N–H and O–H groups in total. The van der Waals surface area contributed by atoms with Crippen molar-refractivity contribution >= 4 is 28.2 Å². The zero-order valence-electron chi connectivity index (χ0n) is 19.4. The number of rotatable bonds is 11. The van der Waals surface area contributed by atoms with Crippen molar-refractivity contribution in [3.63, 3.8) is 0 Å². The van der Waals surface area contributed by atoms with Gasteiger partial charge in [0.1, 0.15) is 11.5 Å². The SMILES string of the molecule is COc1ccc(O)c(CN(CCCCNc2ccnc3cc(Cl)ccc23)Cc2ccccc2)c1. The Morgan fingerprint density at radius 2 is 1.82 bits per heavy atom. The number of hydrogen-bond donors (Lipinski definition) is 2. The number of hydrogen-bond acceptors (Lipinski definition) is 5. The van der Waals surface area contributed by atoms with Crippen LogP contribution in [0.1, 0.15) is 24.0 Å². The van der Waals surface area contributed by atoms with Crippen LogP contribution in [0.5, 0.6) is 11.5 Å². The maximum Gasteiger partial charge on any atom is 0.120 e. The van der Waals surface area contributed by atoms with Gasteiger partial charge in [-0.25, -0.2) is 0 Å². The van der Waals surface area contributed by atoms with E-state index < -0.39 is 0 Å². The number of pyridine rings is 1. The van der Waals surface area contributed by atoms with Gasteiger partial charge in [0.25, 0.3) is 0 Å². The molecule has 0 aliphatic carbocycles. The van der Waals surface area contributed by atoms with E-state index in [1.165, 1.54) is 5.56 Å². The number of anilines is 1. The van der Waals surface area contributed by atoms with Crippen molar-refractivity contribution < 1.29 is 9.84 Å². The van der Waals surface area contributed by atoms with Crippen molar-refractivity contribution in [2.24, 2.45) is 0 Å². The van der Waals surface area contributed by atoms with Crippen LogP contribution in [0.15, 0.2) is 79.0 Å². The van der Waals surface area contributed by atoms with Gasteiger partial charge in [0.2, 0.25) is 0 Å². The van der Waals surface area contributed by atoms with E-state index in [1.807, 2.05) is 42.6 Å². The van der Waals surface area contributed by atoms with Crippen LogP contribution in [-0.2, 0) is 13.1 Å². The first-order chi connectivity index (χ1) is 16.6. The highest BCUT2D eigenvalue weighted by Gasteiger charge is 2.11. The summed E-state index contributed by atoms with van der Waals surface area (Å²) in [4.78, 5) is 6.78. The highest BCUT2D eigenvalue weighted by Crippen LogP contribution is 2.26. The molecule has 34 heavy (non-hydrogen) atoms. The third kappa shape index (κ3) is 6.40. The minimum Gasteiger partial charge on any atom is -0.508 e. The van der Waals surface area contributed by atoms with Gasteiger partial charge in [-0.1, -0.05) is 41.9 Å². The van der Waals surface area contributed by atoms with Gasteiger partial charge in [0.05, 0.1) is 12.6 Å². The van der Waals surface area contributed by atoms with E-state index in [-0.39, 0.29) is 0 Å². The lowest BCUT2D eigenvalue weighted by atomic mass is 10.1. The fourth-order valence-electron chi connectivity index (χ4n) is 4.07.